The number of hydrogen-bond acceptors (Lipinski definition) is 6. The van der Waals surface area contributed by atoms with E-state index < -0.39 is 6.23 Å². The van der Waals surface area contributed by atoms with Crippen molar-refractivity contribution in [3.8, 4) is 17.2 Å². The first-order chi connectivity index (χ1) is 13.8. The Balaban J connectivity index is 1.61. The highest BCUT2D eigenvalue weighted by Crippen LogP contribution is 2.49. The van der Waals surface area contributed by atoms with Gasteiger partial charge in [0.25, 0.3) is 0 Å². The molecule has 142 valence electrons. The third-order valence-electron chi connectivity index (χ3n) is 5.10. The van der Waals surface area contributed by atoms with Gasteiger partial charge in [0.05, 0.1) is 28.8 Å². The topological polar surface area (TPSA) is 54.3 Å². The van der Waals surface area contributed by atoms with E-state index in [9.17, 15) is 5.11 Å². The molecule has 28 heavy (non-hydrogen) atoms. The smallest absolute Gasteiger partial charge is 0.217 e. The standard InChI is InChI=1S/C22H20N2O3S/c1-2-26-19-10-5-8-15(21(19)25)22-24-17(14-7-3-4-9-18(14)27-22)13-16(23-24)20-11-6-12-28-20/h3-12,17,22,25H,2,13H2,1H3/t17-,22+/m1/s1. The van der Waals surface area contributed by atoms with Gasteiger partial charge >= 0.3 is 0 Å². The van der Waals surface area contributed by atoms with Crippen molar-refractivity contribution in [2.24, 2.45) is 5.10 Å². The molecule has 1 N–H and O–H groups in total. The monoisotopic (exact) mass is 392 g/mol. The van der Waals surface area contributed by atoms with E-state index in [1.807, 2.05) is 48.3 Å². The molecule has 0 fully saturated rings. The van der Waals surface area contributed by atoms with E-state index in [0.29, 0.717) is 17.9 Å². The molecule has 2 aliphatic rings. The van der Waals surface area contributed by atoms with Crippen LogP contribution in [0.3, 0.4) is 0 Å². The van der Waals surface area contributed by atoms with Crippen molar-refractivity contribution in [2.45, 2.75) is 25.6 Å². The Labute approximate surface area is 167 Å². The number of phenols is 1. The zero-order valence-electron chi connectivity index (χ0n) is 15.4. The summed E-state index contributed by atoms with van der Waals surface area (Å²) in [6, 6.07) is 17.8. The number of rotatable bonds is 4. The van der Waals surface area contributed by atoms with Gasteiger partial charge in [-0.3, -0.25) is 0 Å². The normalized spacial score (nSPS) is 20.2. The quantitative estimate of drug-likeness (QED) is 0.672. The average Bonchev–Trinajstić information content (AvgIpc) is 3.39. The van der Waals surface area contributed by atoms with E-state index in [-0.39, 0.29) is 11.8 Å². The lowest BCUT2D eigenvalue weighted by Crippen LogP contribution is -2.33. The van der Waals surface area contributed by atoms with Gasteiger partial charge in [-0.2, -0.15) is 5.10 Å². The molecule has 0 amide bonds. The summed E-state index contributed by atoms with van der Waals surface area (Å²) in [4.78, 5) is 1.16. The molecule has 0 spiro atoms. The number of para-hydroxylation sites is 2. The predicted molar refractivity (Wildman–Crippen MR) is 109 cm³/mol. The van der Waals surface area contributed by atoms with E-state index in [1.54, 1.807) is 17.4 Å². The fourth-order valence-electron chi connectivity index (χ4n) is 3.84. The molecule has 5 rings (SSSR count). The fourth-order valence-corrected chi connectivity index (χ4v) is 4.56. The molecule has 0 bridgehead atoms. The maximum atomic E-state index is 10.8. The summed E-state index contributed by atoms with van der Waals surface area (Å²) in [7, 11) is 0. The summed E-state index contributed by atoms with van der Waals surface area (Å²) in [5.74, 6) is 1.39. The minimum Gasteiger partial charge on any atom is -0.504 e. The van der Waals surface area contributed by atoms with Crippen LogP contribution < -0.4 is 9.47 Å². The molecule has 0 saturated heterocycles. The summed E-state index contributed by atoms with van der Waals surface area (Å²) < 4.78 is 11.9. The second-order valence-corrected chi connectivity index (χ2v) is 7.71. The molecule has 2 aromatic carbocycles. The minimum atomic E-state index is -0.516. The molecule has 3 aromatic rings. The van der Waals surface area contributed by atoms with E-state index in [2.05, 4.69) is 17.5 Å². The Kier molecular flexibility index (Phi) is 4.20. The fraction of sp³-hybridized carbons (Fsp3) is 0.227. The largest absolute Gasteiger partial charge is 0.504 e. The highest BCUT2D eigenvalue weighted by Gasteiger charge is 2.42. The van der Waals surface area contributed by atoms with Gasteiger partial charge in [-0.25, -0.2) is 5.01 Å². The zero-order chi connectivity index (χ0) is 19.1. The Bertz CT molecular complexity index is 1030. The molecular formula is C22H20N2O3S. The Morgan fingerprint density at radius 3 is 2.82 bits per heavy atom. The molecule has 0 radical (unpaired) electrons. The molecular weight excluding hydrogens is 372 g/mol. The van der Waals surface area contributed by atoms with Crippen molar-refractivity contribution in [1.82, 2.24) is 5.01 Å². The number of fused-ring (bicyclic) bond motifs is 3. The summed E-state index contributed by atoms with van der Waals surface area (Å²) in [5.41, 5.74) is 2.82. The van der Waals surface area contributed by atoms with Gasteiger partial charge in [-0.1, -0.05) is 30.3 Å². The Hall–Kier alpha value is -2.99. The molecule has 0 aliphatic carbocycles. The van der Waals surface area contributed by atoms with Crippen LogP contribution in [-0.4, -0.2) is 22.4 Å². The maximum Gasteiger partial charge on any atom is 0.217 e. The summed E-state index contributed by atoms with van der Waals surface area (Å²) in [5, 5.41) is 19.8. The molecule has 0 unspecified atom stereocenters. The van der Waals surface area contributed by atoms with E-state index in [0.717, 1.165) is 28.3 Å². The van der Waals surface area contributed by atoms with Crippen LogP contribution in [0, 0.1) is 0 Å². The maximum absolute atomic E-state index is 10.8. The van der Waals surface area contributed by atoms with Crippen molar-refractivity contribution in [2.75, 3.05) is 6.61 Å². The zero-order valence-corrected chi connectivity index (χ0v) is 16.2. The van der Waals surface area contributed by atoms with Crippen LogP contribution in [0.1, 0.15) is 41.6 Å². The van der Waals surface area contributed by atoms with E-state index in [4.69, 9.17) is 14.6 Å². The van der Waals surface area contributed by atoms with Crippen molar-refractivity contribution >= 4 is 17.0 Å². The number of nitrogens with zero attached hydrogens (tertiary/aromatic N) is 2. The Morgan fingerprint density at radius 1 is 1.14 bits per heavy atom. The van der Waals surface area contributed by atoms with Crippen LogP contribution in [0.2, 0.25) is 0 Å². The number of phenolic OH excluding ortho intramolecular Hbond substituents is 1. The van der Waals surface area contributed by atoms with Crippen molar-refractivity contribution < 1.29 is 14.6 Å². The molecule has 6 heteroatoms. The van der Waals surface area contributed by atoms with E-state index >= 15 is 0 Å². The molecule has 3 heterocycles. The van der Waals surface area contributed by atoms with Gasteiger partial charge in [-0.15, -0.1) is 11.3 Å². The van der Waals surface area contributed by atoms with Crippen LogP contribution in [0.15, 0.2) is 65.1 Å². The van der Waals surface area contributed by atoms with Gasteiger partial charge in [0.1, 0.15) is 5.75 Å². The molecule has 0 saturated carbocycles. The molecule has 1 aromatic heterocycles. The van der Waals surface area contributed by atoms with Gasteiger partial charge in [0.15, 0.2) is 11.5 Å². The van der Waals surface area contributed by atoms with E-state index in [1.165, 1.54) is 0 Å². The molecule has 2 aliphatic heterocycles. The second kappa shape index (κ2) is 6.87. The lowest BCUT2D eigenvalue weighted by atomic mass is 9.97. The number of aromatic hydroxyl groups is 1. The van der Waals surface area contributed by atoms with Crippen molar-refractivity contribution in [3.63, 3.8) is 0 Å². The number of benzene rings is 2. The molecule has 5 nitrogen and oxygen atoms in total. The summed E-state index contributed by atoms with van der Waals surface area (Å²) in [6.45, 7) is 2.38. The minimum absolute atomic E-state index is 0.0715. The second-order valence-electron chi connectivity index (χ2n) is 6.76. The lowest BCUT2D eigenvalue weighted by Gasteiger charge is -2.38. The first kappa shape index (κ1) is 17.1. The first-order valence-electron chi connectivity index (χ1n) is 9.36. The highest BCUT2D eigenvalue weighted by atomic mass is 32.1. The van der Waals surface area contributed by atoms with Crippen LogP contribution in [-0.2, 0) is 0 Å². The number of ether oxygens (including phenoxy) is 2. The van der Waals surface area contributed by atoms with Crippen LogP contribution in [0.5, 0.6) is 17.2 Å². The lowest BCUT2D eigenvalue weighted by molar-refractivity contribution is -0.0205. The molecule has 2 atom stereocenters. The SMILES string of the molecule is CCOc1cccc([C@@H]2Oc3ccccc3[C@H]3CC(c4cccs4)=NN32)c1O. The van der Waals surface area contributed by atoms with Gasteiger partial charge in [-0.05, 0) is 36.6 Å². The van der Waals surface area contributed by atoms with Gasteiger partial charge in [0.2, 0.25) is 6.23 Å². The van der Waals surface area contributed by atoms with Crippen LogP contribution >= 0.6 is 11.3 Å². The summed E-state index contributed by atoms with van der Waals surface area (Å²) >= 11 is 1.69. The van der Waals surface area contributed by atoms with Crippen molar-refractivity contribution in [3.05, 3.63) is 76.0 Å². The van der Waals surface area contributed by atoms with Crippen molar-refractivity contribution in [1.29, 1.82) is 0 Å². The average molecular weight is 392 g/mol. The third-order valence-corrected chi connectivity index (χ3v) is 6.02. The number of thiophene rings is 1. The first-order valence-corrected chi connectivity index (χ1v) is 10.2. The van der Waals surface area contributed by atoms with Crippen LogP contribution in [0.4, 0.5) is 0 Å². The van der Waals surface area contributed by atoms with Gasteiger partial charge < -0.3 is 14.6 Å². The Morgan fingerprint density at radius 2 is 2.00 bits per heavy atom. The van der Waals surface area contributed by atoms with Crippen LogP contribution in [0.25, 0.3) is 0 Å². The summed E-state index contributed by atoms with van der Waals surface area (Å²) in [6.07, 6.45) is 0.293. The highest BCUT2D eigenvalue weighted by molar-refractivity contribution is 7.12. The number of hydrazone groups is 1. The third kappa shape index (κ3) is 2.72. The predicted octanol–water partition coefficient (Wildman–Crippen LogP) is 5.09. The number of hydrogen-bond donors (Lipinski definition) is 1. The van der Waals surface area contributed by atoms with Gasteiger partial charge in [0, 0.05) is 12.0 Å².